The summed E-state index contributed by atoms with van der Waals surface area (Å²) in [5, 5.41) is 0. The van der Waals surface area contributed by atoms with Gasteiger partial charge in [0.1, 0.15) is 9.76 Å². The smallest absolute Gasteiger partial charge is 0.200 e. The standard InChI is InChI=1S/C19H42OSi2/c1-5-8-10-12-14-16-18-21-20-22(4,7-3)19-17-15-13-11-9-6-2/h7H,3,5-6,8-19,21H2,1-2,4H3. The predicted molar refractivity (Wildman–Crippen MR) is 108 cm³/mol. The topological polar surface area (TPSA) is 9.23 Å². The van der Waals surface area contributed by atoms with E-state index in [-0.39, 0.29) is 9.76 Å². The Kier molecular flexibility index (Phi) is 16.1. The van der Waals surface area contributed by atoms with Gasteiger partial charge in [-0.05, 0) is 18.6 Å². The molecule has 1 unspecified atom stereocenters. The maximum absolute atomic E-state index is 6.39. The molecule has 132 valence electrons. The summed E-state index contributed by atoms with van der Waals surface area (Å²) in [5.41, 5.74) is 2.19. The van der Waals surface area contributed by atoms with E-state index in [1.165, 1.54) is 89.1 Å². The normalized spacial score (nSPS) is 14.5. The van der Waals surface area contributed by atoms with Gasteiger partial charge in [-0.2, -0.15) is 0 Å². The van der Waals surface area contributed by atoms with E-state index in [0.717, 1.165) is 0 Å². The first-order valence-electron chi connectivity index (χ1n) is 9.96. The van der Waals surface area contributed by atoms with Crippen molar-refractivity contribution < 1.29 is 4.12 Å². The zero-order valence-electron chi connectivity index (χ0n) is 15.8. The fourth-order valence-electron chi connectivity index (χ4n) is 2.85. The number of hydrogen-bond acceptors (Lipinski definition) is 1. The van der Waals surface area contributed by atoms with Gasteiger partial charge in [-0.15, -0.1) is 6.58 Å². The zero-order valence-corrected chi connectivity index (χ0v) is 18.2. The largest absolute Gasteiger partial charge is 0.458 e. The minimum Gasteiger partial charge on any atom is -0.458 e. The van der Waals surface area contributed by atoms with Crippen LogP contribution in [0.2, 0.25) is 18.6 Å². The first-order chi connectivity index (χ1) is 10.7. The molecule has 0 heterocycles. The Bertz CT molecular complexity index is 246. The van der Waals surface area contributed by atoms with Crippen LogP contribution in [0, 0.1) is 0 Å². The van der Waals surface area contributed by atoms with Crippen LogP contribution in [0.1, 0.15) is 90.9 Å². The van der Waals surface area contributed by atoms with Crippen LogP contribution in [0.5, 0.6) is 0 Å². The van der Waals surface area contributed by atoms with Gasteiger partial charge in [0, 0.05) is 0 Å². The molecule has 0 N–H and O–H groups in total. The van der Waals surface area contributed by atoms with Crippen molar-refractivity contribution in [1.82, 2.24) is 0 Å². The zero-order chi connectivity index (χ0) is 16.5. The van der Waals surface area contributed by atoms with Crippen LogP contribution in [0.4, 0.5) is 0 Å². The van der Waals surface area contributed by atoms with Gasteiger partial charge in [0.2, 0.25) is 8.32 Å². The molecule has 0 aliphatic rings. The minimum atomic E-state index is -1.55. The Hall–Kier alpha value is 0.134. The number of unbranched alkanes of at least 4 members (excludes halogenated alkanes) is 10. The summed E-state index contributed by atoms with van der Waals surface area (Å²) in [6.07, 6.45) is 16.7. The Morgan fingerprint density at radius 1 is 0.818 bits per heavy atom. The molecule has 22 heavy (non-hydrogen) atoms. The van der Waals surface area contributed by atoms with Crippen LogP contribution < -0.4 is 0 Å². The van der Waals surface area contributed by atoms with Crippen molar-refractivity contribution in [2.24, 2.45) is 0 Å². The molecule has 0 radical (unpaired) electrons. The SMILES string of the molecule is C=C[Si](C)(CCCCCCCC)O[SiH2]CCCCCCCC. The van der Waals surface area contributed by atoms with Crippen molar-refractivity contribution in [3.8, 4) is 0 Å². The third kappa shape index (κ3) is 13.8. The van der Waals surface area contributed by atoms with Crippen molar-refractivity contribution in [3.05, 3.63) is 12.3 Å². The molecule has 0 spiro atoms. The molecule has 0 aromatic heterocycles. The Morgan fingerprint density at radius 3 is 1.86 bits per heavy atom. The quantitative estimate of drug-likeness (QED) is 0.216. The molecule has 0 rings (SSSR count). The Morgan fingerprint density at radius 2 is 1.32 bits per heavy atom. The van der Waals surface area contributed by atoms with Crippen molar-refractivity contribution in [2.45, 2.75) is 110 Å². The second-order valence-corrected chi connectivity index (χ2v) is 12.8. The summed E-state index contributed by atoms with van der Waals surface area (Å²) in [4.78, 5) is 0. The molecule has 0 aromatic rings. The predicted octanol–water partition coefficient (Wildman–Crippen LogP) is 6.53. The van der Waals surface area contributed by atoms with Crippen molar-refractivity contribution in [2.75, 3.05) is 0 Å². The average Bonchev–Trinajstić information content (AvgIpc) is 2.53. The van der Waals surface area contributed by atoms with Crippen molar-refractivity contribution in [1.29, 1.82) is 0 Å². The van der Waals surface area contributed by atoms with E-state index in [1.807, 2.05) is 0 Å². The van der Waals surface area contributed by atoms with Gasteiger partial charge in [0.15, 0.2) is 0 Å². The van der Waals surface area contributed by atoms with Gasteiger partial charge in [0.05, 0.1) is 0 Å². The monoisotopic (exact) mass is 342 g/mol. The fraction of sp³-hybridized carbons (Fsp3) is 0.895. The highest BCUT2D eigenvalue weighted by Crippen LogP contribution is 2.19. The molecule has 0 saturated carbocycles. The summed E-state index contributed by atoms with van der Waals surface area (Å²) in [6, 6.07) is 2.67. The lowest BCUT2D eigenvalue weighted by molar-refractivity contribution is 0.561. The van der Waals surface area contributed by atoms with Crippen LogP contribution in [-0.4, -0.2) is 18.1 Å². The average molecular weight is 343 g/mol. The van der Waals surface area contributed by atoms with E-state index in [9.17, 15) is 0 Å². The van der Waals surface area contributed by atoms with E-state index < -0.39 is 8.32 Å². The maximum Gasteiger partial charge on any atom is 0.200 e. The van der Waals surface area contributed by atoms with E-state index in [0.29, 0.717) is 0 Å². The molecule has 0 aromatic carbocycles. The number of hydrogen-bond donors (Lipinski definition) is 0. The van der Waals surface area contributed by atoms with Gasteiger partial charge in [-0.1, -0.05) is 96.6 Å². The molecule has 0 aliphatic heterocycles. The lowest BCUT2D eigenvalue weighted by Gasteiger charge is -2.24. The molecule has 0 amide bonds. The Labute approximate surface area is 144 Å². The molecule has 0 bridgehead atoms. The minimum absolute atomic E-state index is 0.300. The van der Waals surface area contributed by atoms with Crippen molar-refractivity contribution >= 4 is 18.1 Å². The van der Waals surface area contributed by atoms with Crippen LogP contribution in [0.3, 0.4) is 0 Å². The lowest BCUT2D eigenvalue weighted by atomic mass is 10.1. The molecule has 0 aliphatic carbocycles. The first-order valence-corrected chi connectivity index (χ1v) is 14.2. The molecule has 0 saturated heterocycles. The third-order valence-electron chi connectivity index (χ3n) is 4.64. The second kappa shape index (κ2) is 16.0. The van der Waals surface area contributed by atoms with Gasteiger partial charge < -0.3 is 4.12 Å². The van der Waals surface area contributed by atoms with Crippen LogP contribution in [0.15, 0.2) is 12.3 Å². The molecule has 1 nitrogen and oxygen atoms in total. The maximum atomic E-state index is 6.39. The van der Waals surface area contributed by atoms with Gasteiger partial charge in [0.25, 0.3) is 0 Å². The third-order valence-corrected chi connectivity index (χ3v) is 11.1. The highest BCUT2D eigenvalue weighted by molar-refractivity contribution is 6.80. The van der Waals surface area contributed by atoms with E-state index in [4.69, 9.17) is 4.12 Å². The first kappa shape index (κ1) is 22.1. The van der Waals surface area contributed by atoms with E-state index in [1.54, 1.807) is 0 Å². The fourth-order valence-corrected chi connectivity index (χ4v) is 8.06. The van der Waals surface area contributed by atoms with Crippen molar-refractivity contribution in [3.63, 3.8) is 0 Å². The van der Waals surface area contributed by atoms with E-state index in [2.05, 4.69) is 32.7 Å². The molecule has 3 heteroatoms. The summed E-state index contributed by atoms with van der Waals surface area (Å²) < 4.78 is 6.39. The van der Waals surface area contributed by atoms with E-state index >= 15 is 0 Å². The molecular weight excluding hydrogens is 300 g/mol. The highest BCUT2D eigenvalue weighted by Gasteiger charge is 2.23. The summed E-state index contributed by atoms with van der Waals surface area (Å²) in [6.45, 7) is 11.0. The Balaban J connectivity index is 3.55. The number of rotatable bonds is 17. The van der Waals surface area contributed by atoms with Crippen LogP contribution in [-0.2, 0) is 4.12 Å². The molecular formula is C19H42OSi2. The van der Waals surface area contributed by atoms with Gasteiger partial charge in [-0.25, -0.2) is 0 Å². The van der Waals surface area contributed by atoms with Crippen LogP contribution >= 0.6 is 0 Å². The van der Waals surface area contributed by atoms with Gasteiger partial charge >= 0.3 is 0 Å². The van der Waals surface area contributed by atoms with Crippen LogP contribution in [0.25, 0.3) is 0 Å². The second-order valence-electron chi connectivity index (χ2n) is 7.00. The molecule has 0 fully saturated rings. The summed E-state index contributed by atoms with van der Waals surface area (Å²) >= 11 is 0. The highest BCUT2D eigenvalue weighted by atomic mass is 28.4. The molecule has 1 atom stereocenters. The van der Waals surface area contributed by atoms with Gasteiger partial charge in [-0.3, -0.25) is 0 Å². The summed E-state index contributed by atoms with van der Waals surface area (Å²) in [5.74, 6) is 0. The summed E-state index contributed by atoms with van der Waals surface area (Å²) in [7, 11) is -1.85. The lowest BCUT2D eigenvalue weighted by Crippen LogP contribution is -2.33.